The molecule has 0 atom stereocenters. The minimum absolute atomic E-state index is 0.00500. The van der Waals surface area contributed by atoms with Crippen molar-refractivity contribution >= 4 is 27.4 Å². The fraction of sp³-hybridized carbons (Fsp3) is 0.583. The van der Waals surface area contributed by atoms with Crippen LogP contribution in [0, 0.1) is 5.92 Å². The smallest absolute Gasteiger partial charge is 0.242 e. The number of sulfonamides is 1. The van der Waals surface area contributed by atoms with Crippen LogP contribution in [-0.2, 0) is 14.8 Å². The second-order valence-electron chi connectivity index (χ2n) is 4.92. The van der Waals surface area contributed by atoms with Crippen LogP contribution in [0.4, 0.5) is 5.82 Å². The Morgan fingerprint density at radius 1 is 1.48 bits per heavy atom. The van der Waals surface area contributed by atoms with Crippen molar-refractivity contribution in [3.05, 3.63) is 17.3 Å². The fourth-order valence-electron chi connectivity index (χ4n) is 1.67. The number of nitrogens with two attached hydrogens (primary N) is 1. The van der Waals surface area contributed by atoms with E-state index >= 15 is 0 Å². The Labute approximate surface area is 129 Å². The van der Waals surface area contributed by atoms with Gasteiger partial charge in [0.1, 0.15) is 4.90 Å². The van der Waals surface area contributed by atoms with Crippen molar-refractivity contribution in [3.8, 4) is 0 Å². The van der Waals surface area contributed by atoms with Crippen LogP contribution in [0.15, 0.2) is 17.2 Å². The summed E-state index contributed by atoms with van der Waals surface area (Å²) in [4.78, 5) is 3.84. The third-order valence-corrected chi connectivity index (χ3v) is 4.79. The van der Waals surface area contributed by atoms with Gasteiger partial charge in [-0.25, -0.2) is 24.0 Å². The molecule has 0 unspecified atom stereocenters. The van der Waals surface area contributed by atoms with E-state index < -0.39 is 10.0 Å². The number of rotatable bonds is 9. The van der Waals surface area contributed by atoms with Gasteiger partial charge in [-0.3, -0.25) is 0 Å². The van der Waals surface area contributed by atoms with Crippen LogP contribution in [0.25, 0.3) is 0 Å². The van der Waals surface area contributed by atoms with Gasteiger partial charge in [0.25, 0.3) is 0 Å². The molecule has 0 spiro atoms. The first-order valence-electron chi connectivity index (χ1n) is 6.72. The van der Waals surface area contributed by atoms with Gasteiger partial charge in [-0.2, -0.15) is 0 Å². The monoisotopic (exact) mass is 334 g/mol. The van der Waals surface area contributed by atoms with Crippen LogP contribution >= 0.6 is 11.6 Å². The molecule has 1 heterocycles. The van der Waals surface area contributed by atoms with Crippen LogP contribution < -0.4 is 16.0 Å². The lowest BCUT2D eigenvalue weighted by molar-refractivity contribution is 0.123. The van der Waals surface area contributed by atoms with Gasteiger partial charge in [-0.1, -0.05) is 11.6 Å². The minimum Gasteiger partial charge on any atom is -0.381 e. The largest absolute Gasteiger partial charge is 0.381 e. The molecule has 1 aliphatic carbocycles. The van der Waals surface area contributed by atoms with Crippen molar-refractivity contribution in [3.63, 3.8) is 0 Å². The zero-order valence-electron chi connectivity index (χ0n) is 11.5. The molecule has 2 rings (SSSR count). The first-order chi connectivity index (χ1) is 10.0. The molecule has 0 aliphatic heterocycles. The molecular weight excluding hydrogens is 316 g/mol. The van der Waals surface area contributed by atoms with Crippen molar-refractivity contribution in [1.29, 1.82) is 0 Å². The number of hydrogen-bond donors (Lipinski definition) is 3. The van der Waals surface area contributed by atoms with E-state index in [1.807, 2.05) is 0 Å². The van der Waals surface area contributed by atoms with Crippen molar-refractivity contribution in [1.82, 2.24) is 9.71 Å². The summed E-state index contributed by atoms with van der Waals surface area (Å²) in [6, 6.07) is 1.30. The van der Waals surface area contributed by atoms with Gasteiger partial charge in [0.15, 0.2) is 5.82 Å². The van der Waals surface area contributed by atoms with Crippen LogP contribution in [0.5, 0.6) is 0 Å². The van der Waals surface area contributed by atoms with Gasteiger partial charge >= 0.3 is 0 Å². The maximum Gasteiger partial charge on any atom is 0.242 e. The summed E-state index contributed by atoms with van der Waals surface area (Å²) < 4.78 is 32.0. The van der Waals surface area contributed by atoms with E-state index in [0.717, 1.165) is 6.61 Å². The number of nitrogens with one attached hydrogen (secondary N) is 2. The number of pyridine rings is 1. The molecule has 0 radical (unpaired) electrons. The summed E-state index contributed by atoms with van der Waals surface area (Å²) in [6.07, 6.45) is 4.31. The zero-order chi connectivity index (χ0) is 15.3. The molecule has 1 fully saturated rings. The lowest BCUT2D eigenvalue weighted by atomic mass is 10.4. The van der Waals surface area contributed by atoms with Crippen LogP contribution in [0.3, 0.4) is 0 Å². The van der Waals surface area contributed by atoms with Gasteiger partial charge in [0.05, 0.1) is 5.02 Å². The summed E-state index contributed by atoms with van der Waals surface area (Å²) in [5.74, 6) is 6.12. The van der Waals surface area contributed by atoms with Gasteiger partial charge in [0, 0.05) is 26.0 Å². The van der Waals surface area contributed by atoms with Crippen molar-refractivity contribution in [2.75, 3.05) is 25.2 Å². The maximum absolute atomic E-state index is 12.0. The summed E-state index contributed by atoms with van der Waals surface area (Å²) in [7, 11) is -3.62. The molecule has 0 bridgehead atoms. The molecule has 21 heavy (non-hydrogen) atoms. The third-order valence-electron chi connectivity index (χ3n) is 3.07. The molecule has 1 aromatic heterocycles. The number of aromatic nitrogens is 1. The van der Waals surface area contributed by atoms with Gasteiger partial charge < -0.3 is 10.2 Å². The number of nitrogen functional groups attached to an aromatic ring is 1. The number of nitrogens with zero attached hydrogens (tertiary/aromatic N) is 1. The molecule has 1 saturated carbocycles. The molecule has 7 nitrogen and oxygen atoms in total. The molecule has 0 saturated heterocycles. The fourth-order valence-corrected chi connectivity index (χ4v) is 3.00. The van der Waals surface area contributed by atoms with E-state index in [1.54, 1.807) is 0 Å². The molecule has 4 N–H and O–H groups in total. The van der Waals surface area contributed by atoms with E-state index in [1.165, 1.54) is 25.1 Å². The number of ether oxygens (including phenoxy) is 1. The molecule has 118 valence electrons. The zero-order valence-corrected chi connectivity index (χ0v) is 13.1. The Morgan fingerprint density at radius 2 is 2.24 bits per heavy atom. The van der Waals surface area contributed by atoms with Gasteiger partial charge in [-0.15, -0.1) is 0 Å². The number of anilines is 1. The predicted molar refractivity (Wildman–Crippen MR) is 80.4 cm³/mol. The summed E-state index contributed by atoms with van der Waals surface area (Å²) >= 11 is 5.86. The SMILES string of the molecule is NNc1ncc(S(=O)(=O)NCCCOCC2CC2)cc1Cl. The lowest BCUT2D eigenvalue weighted by Gasteiger charge is -2.08. The highest BCUT2D eigenvalue weighted by molar-refractivity contribution is 7.89. The molecule has 0 aromatic carbocycles. The third kappa shape index (κ3) is 5.08. The average Bonchev–Trinajstić information content (AvgIpc) is 3.26. The van der Waals surface area contributed by atoms with Gasteiger partial charge in [0.2, 0.25) is 10.0 Å². The van der Waals surface area contributed by atoms with E-state index in [-0.39, 0.29) is 15.7 Å². The Balaban J connectivity index is 1.78. The molecule has 1 aliphatic rings. The van der Waals surface area contributed by atoms with Crippen molar-refractivity contribution < 1.29 is 13.2 Å². The summed E-state index contributed by atoms with van der Waals surface area (Å²) in [5, 5.41) is 0.146. The predicted octanol–water partition coefficient (Wildman–Crippen LogP) is 1.12. The second-order valence-corrected chi connectivity index (χ2v) is 7.09. The standard InChI is InChI=1S/C12H19ClN4O3S/c13-11-6-10(7-15-12(11)17-14)21(18,19)16-4-1-5-20-8-9-2-3-9/h6-7,9,16H,1-5,8,14H2,(H,15,17). The Kier molecular flexibility index (Phi) is 5.77. The molecule has 0 amide bonds. The normalized spacial score (nSPS) is 15.1. The first-order valence-corrected chi connectivity index (χ1v) is 8.58. The topological polar surface area (TPSA) is 106 Å². The Bertz CT molecular complexity index is 578. The molecule has 9 heteroatoms. The van der Waals surface area contributed by atoms with Crippen LogP contribution in [-0.4, -0.2) is 33.2 Å². The number of hydrogen-bond acceptors (Lipinski definition) is 6. The molecular formula is C12H19ClN4O3S. The van der Waals surface area contributed by atoms with Crippen LogP contribution in [0.2, 0.25) is 5.02 Å². The first kappa shape index (κ1) is 16.4. The lowest BCUT2D eigenvalue weighted by Crippen LogP contribution is -2.26. The molecule has 1 aromatic rings. The highest BCUT2D eigenvalue weighted by Crippen LogP contribution is 2.28. The number of halogens is 1. The van der Waals surface area contributed by atoms with E-state index in [0.29, 0.717) is 25.5 Å². The Hall–Kier alpha value is -0.930. The van der Waals surface area contributed by atoms with Crippen LogP contribution in [0.1, 0.15) is 19.3 Å². The minimum atomic E-state index is -3.62. The second kappa shape index (κ2) is 7.37. The highest BCUT2D eigenvalue weighted by atomic mass is 35.5. The van der Waals surface area contributed by atoms with E-state index in [4.69, 9.17) is 22.2 Å². The maximum atomic E-state index is 12.0. The van der Waals surface area contributed by atoms with Crippen molar-refractivity contribution in [2.24, 2.45) is 11.8 Å². The van der Waals surface area contributed by atoms with Gasteiger partial charge in [-0.05, 0) is 31.2 Å². The van der Waals surface area contributed by atoms with E-state index in [9.17, 15) is 8.42 Å². The van der Waals surface area contributed by atoms with Crippen molar-refractivity contribution in [2.45, 2.75) is 24.2 Å². The number of hydrazine groups is 1. The summed E-state index contributed by atoms with van der Waals surface area (Å²) in [6.45, 7) is 1.63. The Morgan fingerprint density at radius 3 is 2.86 bits per heavy atom. The van der Waals surface area contributed by atoms with E-state index in [2.05, 4.69) is 15.1 Å². The quantitative estimate of drug-likeness (QED) is 0.355. The summed E-state index contributed by atoms with van der Waals surface area (Å²) in [5.41, 5.74) is 2.28. The highest BCUT2D eigenvalue weighted by Gasteiger charge is 2.21. The average molecular weight is 335 g/mol.